The normalized spacial score (nSPS) is 15.7. The third kappa shape index (κ3) is 2.56. The second-order valence-corrected chi connectivity index (χ2v) is 5.18. The Morgan fingerprint density at radius 1 is 1.50 bits per heavy atom. The molecule has 0 aromatic carbocycles. The van der Waals surface area contributed by atoms with Gasteiger partial charge in [-0.1, -0.05) is 6.92 Å². The molecule has 2 aromatic rings. The molecule has 106 valence electrons. The number of nitrogens with zero attached hydrogens (tertiary/aromatic N) is 5. The molecular formula is C13H18N6O. The number of imidazole rings is 1. The van der Waals surface area contributed by atoms with Crippen molar-refractivity contribution in [2.24, 2.45) is 5.92 Å². The summed E-state index contributed by atoms with van der Waals surface area (Å²) in [7, 11) is 0. The van der Waals surface area contributed by atoms with E-state index < -0.39 is 0 Å². The summed E-state index contributed by atoms with van der Waals surface area (Å²) in [5, 5.41) is 6.98. The van der Waals surface area contributed by atoms with Gasteiger partial charge in [-0.3, -0.25) is 9.48 Å². The number of nitrogens with one attached hydrogen (secondary N) is 1. The minimum absolute atomic E-state index is 0.0197. The van der Waals surface area contributed by atoms with Gasteiger partial charge in [-0.25, -0.2) is 9.97 Å². The number of anilines is 1. The number of rotatable bonds is 4. The van der Waals surface area contributed by atoms with E-state index in [1.807, 2.05) is 6.92 Å². The molecule has 1 amide bonds. The molecule has 0 saturated carbocycles. The van der Waals surface area contributed by atoms with Crippen LogP contribution in [-0.2, 0) is 24.3 Å². The zero-order chi connectivity index (χ0) is 13.9. The van der Waals surface area contributed by atoms with Gasteiger partial charge in [0.25, 0.3) is 0 Å². The van der Waals surface area contributed by atoms with Gasteiger partial charge in [0.05, 0.1) is 18.7 Å². The molecule has 0 aliphatic carbocycles. The monoisotopic (exact) mass is 274 g/mol. The van der Waals surface area contributed by atoms with Gasteiger partial charge in [-0.2, -0.15) is 5.10 Å². The number of amides is 1. The second kappa shape index (κ2) is 5.44. The minimum Gasteiger partial charge on any atom is -0.315 e. The predicted octanol–water partition coefficient (Wildman–Crippen LogP) is 1.09. The van der Waals surface area contributed by atoms with Crippen LogP contribution < -0.4 is 5.32 Å². The zero-order valence-electron chi connectivity index (χ0n) is 11.5. The maximum Gasteiger partial charge on any atom is 0.230 e. The Hall–Kier alpha value is -2.18. The van der Waals surface area contributed by atoms with Crippen LogP contribution in [0.1, 0.15) is 25.6 Å². The summed E-state index contributed by atoms with van der Waals surface area (Å²) in [5.41, 5.74) is 0. The number of aryl methyl sites for hydroxylation is 1. The van der Waals surface area contributed by atoms with Gasteiger partial charge in [-0.15, -0.1) is 0 Å². The average molecular weight is 274 g/mol. The maximum absolute atomic E-state index is 12.2. The second-order valence-electron chi connectivity index (χ2n) is 5.18. The van der Waals surface area contributed by atoms with Crippen LogP contribution in [0.4, 0.5) is 5.82 Å². The third-order valence-corrected chi connectivity index (χ3v) is 3.60. The molecule has 2 aromatic heterocycles. The first-order chi connectivity index (χ1) is 9.74. The molecule has 0 saturated heterocycles. The average Bonchev–Trinajstić information content (AvgIpc) is 3.09. The molecule has 20 heavy (non-hydrogen) atoms. The molecule has 0 spiro atoms. The lowest BCUT2D eigenvalue weighted by Crippen LogP contribution is -2.26. The molecule has 0 bridgehead atoms. The van der Waals surface area contributed by atoms with Crippen LogP contribution in [0, 0.1) is 5.92 Å². The fourth-order valence-electron chi connectivity index (χ4n) is 2.46. The Morgan fingerprint density at radius 2 is 2.40 bits per heavy atom. The Bertz CT molecular complexity index is 588. The standard InChI is InChI=1S/C13H18N6O/c1-10(7-18-9-14-8-16-18)13(20)17-12-6-15-11-4-2-3-5-19(11)12/h6,8-10H,2-5,7H2,1H3,(H,17,20)/t10-/m1/s1. The number of carbonyl (C=O) groups excluding carboxylic acids is 1. The van der Waals surface area contributed by atoms with Crippen molar-refractivity contribution in [1.82, 2.24) is 24.3 Å². The molecule has 3 rings (SSSR count). The molecule has 7 heteroatoms. The van der Waals surface area contributed by atoms with Crippen molar-refractivity contribution >= 4 is 11.7 Å². The maximum atomic E-state index is 12.2. The molecule has 3 heterocycles. The number of carbonyl (C=O) groups is 1. The Morgan fingerprint density at radius 3 is 3.20 bits per heavy atom. The summed E-state index contributed by atoms with van der Waals surface area (Å²) in [6, 6.07) is 0. The van der Waals surface area contributed by atoms with Gasteiger partial charge in [-0.05, 0) is 12.8 Å². The van der Waals surface area contributed by atoms with Gasteiger partial charge in [0, 0.05) is 13.0 Å². The van der Waals surface area contributed by atoms with Gasteiger partial charge in [0.15, 0.2) is 0 Å². The summed E-state index contributed by atoms with van der Waals surface area (Å²) < 4.78 is 3.76. The van der Waals surface area contributed by atoms with Crippen molar-refractivity contribution < 1.29 is 4.79 Å². The van der Waals surface area contributed by atoms with E-state index in [2.05, 4.69) is 25.0 Å². The largest absolute Gasteiger partial charge is 0.315 e. The van der Waals surface area contributed by atoms with Crippen molar-refractivity contribution in [2.75, 3.05) is 5.32 Å². The quantitative estimate of drug-likeness (QED) is 0.905. The zero-order valence-corrected chi connectivity index (χ0v) is 11.5. The molecule has 0 radical (unpaired) electrons. The van der Waals surface area contributed by atoms with Gasteiger partial charge >= 0.3 is 0 Å². The first-order valence-electron chi connectivity index (χ1n) is 6.91. The van der Waals surface area contributed by atoms with Crippen molar-refractivity contribution in [3.8, 4) is 0 Å². The van der Waals surface area contributed by atoms with E-state index in [0.29, 0.717) is 6.54 Å². The van der Waals surface area contributed by atoms with E-state index in [-0.39, 0.29) is 11.8 Å². The highest BCUT2D eigenvalue weighted by Crippen LogP contribution is 2.20. The van der Waals surface area contributed by atoms with Crippen LogP contribution in [0.25, 0.3) is 0 Å². The molecule has 1 atom stereocenters. The van der Waals surface area contributed by atoms with E-state index >= 15 is 0 Å². The SMILES string of the molecule is C[C@H](Cn1cncn1)C(=O)Nc1cnc2n1CCCC2. The van der Waals surface area contributed by atoms with Gasteiger partial charge < -0.3 is 9.88 Å². The lowest BCUT2D eigenvalue weighted by atomic mass is 10.1. The molecular weight excluding hydrogens is 256 g/mol. The van der Waals surface area contributed by atoms with Gasteiger partial charge in [0.2, 0.25) is 5.91 Å². The minimum atomic E-state index is -0.175. The first kappa shape index (κ1) is 12.8. The van der Waals surface area contributed by atoms with Crippen molar-refractivity contribution in [3.63, 3.8) is 0 Å². The number of hydrogen-bond acceptors (Lipinski definition) is 4. The Balaban J connectivity index is 1.65. The molecule has 1 N–H and O–H groups in total. The molecule has 1 aliphatic rings. The molecule has 0 fully saturated rings. The molecule has 1 aliphatic heterocycles. The molecule has 7 nitrogen and oxygen atoms in total. The Labute approximate surface area is 117 Å². The lowest BCUT2D eigenvalue weighted by molar-refractivity contribution is -0.119. The van der Waals surface area contributed by atoms with Gasteiger partial charge in [0.1, 0.15) is 24.3 Å². The summed E-state index contributed by atoms with van der Waals surface area (Å²) in [6.07, 6.45) is 8.14. The number of aromatic nitrogens is 5. The number of hydrogen-bond donors (Lipinski definition) is 1. The summed E-state index contributed by atoms with van der Waals surface area (Å²) in [6.45, 7) is 3.33. The summed E-state index contributed by atoms with van der Waals surface area (Å²) in [4.78, 5) is 20.4. The van der Waals surface area contributed by atoms with Crippen molar-refractivity contribution in [3.05, 3.63) is 24.7 Å². The van der Waals surface area contributed by atoms with Crippen molar-refractivity contribution in [1.29, 1.82) is 0 Å². The van der Waals surface area contributed by atoms with Crippen LogP contribution in [0.15, 0.2) is 18.9 Å². The van der Waals surface area contributed by atoms with Crippen LogP contribution in [0.2, 0.25) is 0 Å². The molecule has 0 unspecified atom stereocenters. The first-order valence-corrected chi connectivity index (χ1v) is 6.91. The third-order valence-electron chi connectivity index (χ3n) is 3.60. The van der Waals surface area contributed by atoms with Crippen LogP contribution in [0.3, 0.4) is 0 Å². The van der Waals surface area contributed by atoms with Crippen molar-refractivity contribution in [2.45, 2.75) is 39.3 Å². The summed E-state index contributed by atoms with van der Waals surface area (Å²) in [5.74, 6) is 1.67. The fraction of sp³-hybridized carbons (Fsp3) is 0.538. The van der Waals surface area contributed by atoms with E-state index in [1.54, 1.807) is 17.2 Å². The highest BCUT2D eigenvalue weighted by Gasteiger charge is 2.19. The highest BCUT2D eigenvalue weighted by atomic mass is 16.2. The van der Waals surface area contributed by atoms with Crippen LogP contribution >= 0.6 is 0 Å². The van der Waals surface area contributed by atoms with E-state index in [4.69, 9.17) is 0 Å². The van der Waals surface area contributed by atoms with E-state index in [9.17, 15) is 4.79 Å². The van der Waals surface area contributed by atoms with E-state index in [1.165, 1.54) is 12.7 Å². The highest BCUT2D eigenvalue weighted by molar-refractivity contribution is 5.91. The summed E-state index contributed by atoms with van der Waals surface area (Å²) >= 11 is 0. The fourth-order valence-corrected chi connectivity index (χ4v) is 2.46. The Kier molecular flexibility index (Phi) is 3.49. The number of fused-ring (bicyclic) bond motifs is 1. The van der Waals surface area contributed by atoms with Crippen LogP contribution in [-0.4, -0.2) is 30.2 Å². The lowest BCUT2D eigenvalue weighted by Gasteiger charge is -2.18. The van der Waals surface area contributed by atoms with Crippen LogP contribution in [0.5, 0.6) is 0 Å². The topological polar surface area (TPSA) is 77.6 Å². The predicted molar refractivity (Wildman–Crippen MR) is 73.0 cm³/mol. The smallest absolute Gasteiger partial charge is 0.230 e. The van der Waals surface area contributed by atoms with E-state index in [0.717, 1.165) is 31.0 Å².